The summed E-state index contributed by atoms with van der Waals surface area (Å²) in [6.07, 6.45) is -1.38. The van der Waals surface area contributed by atoms with Gasteiger partial charge in [-0.1, -0.05) is 0 Å². The van der Waals surface area contributed by atoms with E-state index in [0.717, 1.165) is 6.07 Å². The summed E-state index contributed by atoms with van der Waals surface area (Å²) in [7, 11) is 1.48. The number of methoxy groups -OCH3 is 1. The number of halogens is 3. The Kier molecular flexibility index (Phi) is 7.18. The van der Waals surface area contributed by atoms with E-state index in [9.17, 15) is 27.6 Å². The monoisotopic (exact) mass is 410 g/mol. The molecule has 0 saturated carbocycles. The Morgan fingerprint density at radius 3 is 2.28 bits per heavy atom. The van der Waals surface area contributed by atoms with Crippen LogP contribution in [-0.4, -0.2) is 37.5 Å². The Balaban J connectivity index is 1.85. The fourth-order valence-electron chi connectivity index (χ4n) is 2.15. The predicted octanol–water partition coefficient (Wildman–Crippen LogP) is 2.41. The number of rotatable bonds is 7. The number of hydrogen-bond donors (Lipinski definition) is 2. The summed E-state index contributed by atoms with van der Waals surface area (Å²) < 4.78 is 49.4. The number of anilines is 1. The highest BCUT2D eigenvalue weighted by Crippen LogP contribution is 2.20. The number of hydrogen-bond acceptors (Lipinski definition) is 5. The smallest absolute Gasteiger partial charge is 0.326 e. The average Bonchev–Trinajstić information content (AvgIpc) is 2.72. The molecule has 0 saturated heterocycles. The molecule has 1 atom stereocenters. The summed E-state index contributed by atoms with van der Waals surface area (Å²) in [5, 5.41) is 4.30. The molecule has 0 aliphatic rings. The van der Waals surface area contributed by atoms with Crippen molar-refractivity contribution in [3.05, 3.63) is 59.4 Å². The topological polar surface area (TPSA) is 93.7 Å². The minimum absolute atomic E-state index is 0.276. The number of ether oxygens (including phenoxy) is 2. The minimum Gasteiger partial charge on any atom is -0.497 e. The summed E-state index contributed by atoms with van der Waals surface area (Å²) in [6.45, 7) is 0.665. The summed E-state index contributed by atoms with van der Waals surface area (Å²) >= 11 is 0. The quantitative estimate of drug-likeness (QED) is 0.540. The molecule has 0 bridgehead atoms. The number of carbonyl (C=O) groups is 3. The Morgan fingerprint density at radius 2 is 1.66 bits per heavy atom. The van der Waals surface area contributed by atoms with E-state index in [1.165, 1.54) is 26.2 Å². The molecule has 2 amide bonds. The van der Waals surface area contributed by atoms with Gasteiger partial charge in [-0.25, -0.2) is 13.2 Å². The minimum atomic E-state index is -1.74. The molecule has 2 N–H and O–H groups in total. The van der Waals surface area contributed by atoms with E-state index in [1.54, 1.807) is 12.1 Å². The molecule has 0 fully saturated rings. The van der Waals surface area contributed by atoms with Gasteiger partial charge in [-0.15, -0.1) is 0 Å². The first-order valence-corrected chi connectivity index (χ1v) is 8.29. The SMILES string of the molecule is COc1ccc(C(=O)NCC(=O)O[C@H](C)C(=O)Nc2ccc(F)c(F)c2F)cc1. The number of carbonyl (C=O) groups excluding carboxylic acids is 3. The molecule has 154 valence electrons. The highest BCUT2D eigenvalue weighted by Gasteiger charge is 2.21. The lowest BCUT2D eigenvalue weighted by Gasteiger charge is -2.14. The second-order valence-corrected chi connectivity index (χ2v) is 5.76. The Bertz CT molecular complexity index is 919. The van der Waals surface area contributed by atoms with Gasteiger partial charge in [0.05, 0.1) is 12.8 Å². The Labute approximate surface area is 163 Å². The summed E-state index contributed by atoms with van der Waals surface area (Å²) in [6, 6.07) is 7.58. The summed E-state index contributed by atoms with van der Waals surface area (Å²) in [4.78, 5) is 35.7. The lowest BCUT2D eigenvalue weighted by Crippen LogP contribution is -2.36. The van der Waals surface area contributed by atoms with E-state index in [1.807, 2.05) is 5.32 Å². The van der Waals surface area contributed by atoms with E-state index in [0.29, 0.717) is 11.8 Å². The van der Waals surface area contributed by atoms with Crippen LogP contribution in [-0.2, 0) is 14.3 Å². The van der Waals surface area contributed by atoms with E-state index < -0.39 is 53.6 Å². The lowest BCUT2D eigenvalue weighted by atomic mass is 10.2. The van der Waals surface area contributed by atoms with Crippen molar-refractivity contribution in [3.8, 4) is 5.75 Å². The van der Waals surface area contributed by atoms with Crippen LogP contribution in [0.5, 0.6) is 5.75 Å². The average molecular weight is 410 g/mol. The largest absolute Gasteiger partial charge is 0.497 e. The zero-order valence-electron chi connectivity index (χ0n) is 15.4. The standard InChI is InChI=1S/C19H17F3N2O5/c1-10(18(26)24-14-8-7-13(20)16(21)17(14)22)29-15(25)9-23-19(27)11-3-5-12(28-2)6-4-11/h3-8,10H,9H2,1-2H3,(H,23,27)(H,24,26)/t10-/m1/s1. The third kappa shape index (κ3) is 5.71. The predicted molar refractivity (Wildman–Crippen MR) is 95.8 cm³/mol. The number of amides is 2. The second-order valence-electron chi connectivity index (χ2n) is 5.76. The van der Waals surface area contributed by atoms with Crippen LogP contribution in [0.4, 0.5) is 18.9 Å². The van der Waals surface area contributed by atoms with E-state index in [2.05, 4.69) is 5.32 Å². The highest BCUT2D eigenvalue weighted by atomic mass is 19.2. The van der Waals surface area contributed by atoms with Crippen molar-refractivity contribution in [2.45, 2.75) is 13.0 Å². The van der Waals surface area contributed by atoms with Crippen molar-refractivity contribution in [2.24, 2.45) is 0 Å². The van der Waals surface area contributed by atoms with Crippen molar-refractivity contribution in [2.75, 3.05) is 19.0 Å². The first-order chi connectivity index (χ1) is 13.7. The van der Waals surface area contributed by atoms with Crippen molar-refractivity contribution in [1.29, 1.82) is 0 Å². The molecule has 0 radical (unpaired) electrons. The molecular formula is C19H17F3N2O5. The summed E-state index contributed by atoms with van der Waals surface area (Å²) in [5.74, 6) is -6.63. The molecule has 0 heterocycles. The second kappa shape index (κ2) is 9.58. The molecule has 10 heteroatoms. The van der Waals surface area contributed by atoms with Crippen molar-refractivity contribution in [3.63, 3.8) is 0 Å². The third-order valence-corrected chi connectivity index (χ3v) is 3.72. The van der Waals surface area contributed by atoms with E-state index >= 15 is 0 Å². The molecular weight excluding hydrogens is 393 g/mol. The molecule has 2 rings (SSSR count). The van der Waals surface area contributed by atoms with Crippen LogP contribution >= 0.6 is 0 Å². The Hall–Kier alpha value is -3.56. The molecule has 0 unspecified atom stereocenters. The van der Waals surface area contributed by atoms with Gasteiger partial charge in [0.2, 0.25) is 0 Å². The molecule has 2 aromatic carbocycles. The highest BCUT2D eigenvalue weighted by molar-refractivity contribution is 5.97. The van der Waals surface area contributed by atoms with Gasteiger partial charge in [0.25, 0.3) is 11.8 Å². The number of benzene rings is 2. The van der Waals surface area contributed by atoms with Crippen LogP contribution in [0.15, 0.2) is 36.4 Å². The van der Waals surface area contributed by atoms with Crippen LogP contribution in [0, 0.1) is 17.5 Å². The van der Waals surface area contributed by atoms with Gasteiger partial charge in [-0.3, -0.25) is 14.4 Å². The van der Waals surface area contributed by atoms with E-state index in [-0.39, 0.29) is 5.56 Å². The van der Waals surface area contributed by atoms with Gasteiger partial charge >= 0.3 is 5.97 Å². The molecule has 0 aromatic heterocycles. The van der Waals surface area contributed by atoms with Gasteiger partial charge in [0.1, 0.15) is 12.3 Å². The summed E-state index contributed by atoms with van der Waals surface area (Å²) in [5.41, 5.74) is -0.331. The van der Waals surface area contributed by atoms with Gasteiger partial charge in [-0.2, -0.15) is 0 Å². The van der Waals surface area contributed by atoms with Crippen molar-refractivity contribution in [1.82, 2.24) is 5.32 Å². The maximum absolute atomic E-state index is 13.6. The molecule has 0 aliphatic carbocycles. The molecule has 0 aliphatic heterocycles. The van der Waals surface area contributed by atoms with Gasteiger partial charge in [-0.05, 0) is 43.3 Å². The fraction of sp³-hybridized carbons (Fsp3) is 0.211. The van der Waals surface area contributed by atoms with Gasteiger partial charge < -0.3 is 20.1 Å². The molecule has 7 nitrogen and oxygen atoms in total. The number of esters is 1. The van der Waals surface area contributed by atoms with Crippen LogP contribution in [0.1, 0.15) is 17.3 Å². The lowest BCUT2D eigenvalue weighted by molar-refractivity contribution is -0.152. The van der Waals surface area contributed by atoms with Crippen molar-refractivity contribution < 1.29 is 37.0 Å². The zero-order chi connectivity index (χ0) is 21.6. The first kappa shape index (κ1) is 21.7. The maximum Gasteiger partial charge on any atom is 0.326 e. The van der Waals surface area contributed by atoms with Crippen LogP contribution in [0.25, 0.3) is 0 Å². The normalized spacial score (nSPS) is 11.3. The molecule has 2 aromatic rings. The van der Waals surface area contributed by atoms with Gasteiger partial charge in [0.15, 0.2) is 23.6 Å². The van der Waals surface area contributed by atoms with Gasteiger partial charge in [0, 0.05) is 5.56 Å². The fourth-order valence-corrected chi connectivity index (χ4v) is 2.15. The van der Waals surface area contributed by atoms with Crippen molar-refractivity contribution >= 4 is 23.5 Å². The van der Waals surface area contributed by atoms with Crippen LogP contribution in [0.2, 0.25) is 0 Å². The van der Waals surface area contributed by atoms with Crippen LogP contribution < -0.4 is 15.4 Å². The zero-order valence-corrected chi connectivity index (χ0v) is 15.4. The number of nitrogens with one attached hydrogen (secondary N) is 2. The third-order valence-electron chi connectivity index (χ3n) is 3.72. The molecule has 29 heavy (non-hydrogen) atoms. The molecule has 0 spiro atoms. The van der Waals surface area contributed by atoms with E-state index in [4.69, 9.17) is 9.47 Å². The van der Waals surface area contributed by atoms with Crippen LogP contribution in [0.3, 0.4) is 0 Å². The maximum atomic E-state index is 13.6. The first-order valence-electron chi connectivity index (χ1n) is 8.29. The Morgan fingerprint density at radius 1 is 1.00 bits per heavy atom.